The minimum atomic E-state index is -4.54. The molecule has 0 bridgehead atoms. The highest BCUT2D eigenvalue weighted by atomic mass is 19.4. The number of benzene rings is 1. The van der Waals surface area contributed by atoms with E-state index in [1.165, 1.54) is 10.9 Å². The number of halogens is 3. The van der Waals surface area contributed by atoms with Crippen LogP contribution in [0.5, 0.6) is 11.6 Å². The van der Waals surface area contributed by atoms with Crippen molar-refractivity contribution in [2.45, 2.75) is 51.4 Å². The van der Waals surface area contributed by atoms with Gasteiger partial charge in [0.15, 0.2) is 22.9 Å². The summed E-state index contributed by atoms with van der Waals surface area (Å²) in [5, 5.41) is 4.67. The van der Waals surface area contributed by atoms with Crippen molar-refractivity contribution in [3.63, 3.8) is 0 Å². The molecule has 1 aliphatic carbocycles. The van der Waals surface area contributed by atoms with Gasteiger partial charge in [-0.05, 0) is 32.8 Å². The van der Waals surface area contributed by atoms with Gasteiger partial charge in [0.2, 0.25) is 5.88 Å². The van der Waals surface area contributed by atoms with Gasteiger partial charge in [-0.1, -0.05) is 12.1 Å². The normalized spacial score (nSPS) is 15.4. The molecule has 1 saturated carbocycles. The van der Waals surface area contributed by atoms with E-state index in [1.807, 2.05) is 33.2 Å². The van der Waals surface area contributed by atoms with Crippen LogP contribution < -0.4 is 14.4 Å². The monoisotopic (exact) mass is 605 g/mol. The average Bonchev–Trinajstić information content (AvgIpc) is 3.67. The summed E-state index contributed by atoms with van der Waals surface area (Å²) in [7, 11) is 3.40. The van der Waals surface area contributed by atoms with E-state index < -0.39 is 11.9 Å². The number of hydrogen-bond donors (Lipinski definition) is 0. The molecule has 4 aromatic heterocycles. The smallest absolute Gasteiger partial charge is 0.434 e. The van der Waals surface area contributed by atoms with Gasteiger partial charge in [-0.15, -0.1) is 0 Å². The molecule has 5 heterocycles. The lowest BCUT2D eigenvalue weighted by Crippen LogP contribution is -2.27. The van der Waals surface area contributed by atoms with Crippen molar-refractivity contribution in [1.29, 1.82) is 0 Å². The Morgan fingerprint density at radius 2 is 1.89 bits per heavy atom. The molecule has 0 radical (unpaired) electrons. The first-order chi connectivity index (χ1) is 21.1. The molecule has 0 unspecified atom stereocenters. The lowest BCUT2D eigenvalue weighted by atomic mass is 10.1. The number of methoxy groups -OCH3 is 1. The first kappa shape index (κ1) is 28.0. The molecule has 2 aliphatic rings. The maximum Gasteiger partial charge on any atom is 0.434 e. The van der Waals surface area contributed by atoms with E-state index >= 15 is 0 Å². The SMILES string of the molecule is COc1ncnc(C2CC2)c1-c1nc(N2CCOc3cc(-c4nc(C(F)(F)F)cn4C(C)C)ccc3C2)c2nn(C)cc2n1. The lowest BCUT2D eigenvalue weighted by molar-refractivity contribution is -0.140. The molecule has 0 saturated heterocycles. The van der Waals surface area contributed by atoms with Gasteiger partial charge in [-0.25, -0.2) is 24.9 Å². The number of hydrogen-bond acceptors (Lipinski definition) is 9. The van der Waals surface area contributed by atoms with Crippen LogP contribution in [0.3, 0.4) is 0 Å². The quantitative estimate of drug-likeness (QED) is 0.245. The topological polar surface area (TPSA) is 109 Å². The number of rotatable bonds is 6. The Labute approximate surface area is 250 Å². The molecular formula is C30H30F3N9O2. The van der Waals surface area contributed by atoms with Crippen LogP contribution in [0.1, 0.15) is 55.6 Å². The highest BCUT2D eigenvalue weighted by Gasteiger charge is 2.36. The molecule has 0 amide bonds. The number of alkyl halides is 3. The summed E-state index contributed by atoms with van der Waals surface area (Å²) in [6.07, 6.45) is 1.94. The Kier molecular flexibility index (Phi) is 6.66. The van der Waals surface area contributed by atoms with E-state index in [0.29, 0.717) is 71.0 Å². The number of imidazole rings is 1. The van der Waals surface area contributed by atoms with Crippen molar-refractivity contribution >= 4 is 16.9 Å². The number of anilines is 1. The molecule has 0 spiro atoms. The first-order valence-electron chi connectivity index (χ1n) is 14.4. The van der Waals surface area contributed by atoms with Gasteiger partial charge >= 0.3 is 6.18 Å². The summed E-state index contributed by atoms with van der Waals surface area (Å²) < 4.78 is 55.5. The highest BCUT2D eigenvalue weighted by molar-refractivity contribution is 5.88. The molecule has 0 atom stereocenters. The van der Waals surface area contributed by atoms with Crippen LogP contribution in [-0.4, -0.2) is 59.5 Å². The second-order valence-corrected chi connectivity index (χ2v) is 11.4. The Morgan fingerprint density at radius 3 is 2.61 bits per heavy atom. The van der Waals surface area contributed by atoms with E-state index in [1.54, 1.807) is 23.9 Å². The minimum Gasteiger partial charge on any atom is -0.491 e. The zero-order chi connectivity index (χ0) is 30.7. The Balaban J connectivity index is 1.29. The number of ether oxygens (including phenoxy) is 2. The maximum absolute atomic E-state index is 13.5. The zero-order valence-electron chi connectivity index (χ0n) is 24.6. The summed E-state index contributed by atoms with van der Waals surface area (Å²) >= 11 is 0. The average molecular weight is 606 g/mol. The number of fused-ring (bicyclic) bond motifs is 2. The fourth-order valence-corrected chi connectivity index (χ4v) is 5.58. The van der Waals surface area contributed by atoms with Crippen LogP contribution in [0, 0.1) is 0 Å². The first-order valence-corrected chi connectivity index (χ1v) is 14.4. The van der Waals surface area contributed by atoms with Gasteiger partial charge in [0.25, 0.3) is 0 Å². The summed E-state index contributed by atoms with van der Waals surface area (Å²) in [5.74, 6) is 2.63. The molecule has 228 valence electrons. The van der Waals surface area contributed by atoms with Gasteiger partial charge < -0.3 is 18.9 Å². The molecule has 44 heavy (non-hydrogen) atoms. The van der Waals surface area contributed by atoms with E-state index in [9.17, 15) is 13.2 Å². The molecule has 1 fully saturated rings. The van der Waals surface area contributed by atoms with Crippen molar-refractivity contribution in [3.8, 4) is 34.4 Å². The van der Waals surface area contributed by atoms with Crippen LogP contribution in [0.15, 0.2) is 36.9 Å². The molecule has 1 aliphatic heterocycles. The standard InChI is InChI=1S/C30H30F3N9O2/c1-16(2)42-14-22(30(31,32)33)37-27(42)18-7-8-19-12-41(9-10-44-21(19)11-18)28-25-20(13-40(3)39-25)36-26(38-28)23-24(17-5-6-17)34-15-35-29(23)43-4/h7-8,11,13-17H,5-6,9-10,12H2,1-4H3. The van der Waals surface area contributed by atoms with E-state index in [4.69, 9.17) is 19.4 Å². The van der Waals surface area contributed by atoms with E-state index in [2.05, 4.69) is 25.0 Å². The van der Waals surface area contributed by atoms with Gasteiger partial charge in [-0.3, -0.25) is 4.68 Å². The predicted molar refractivity (Wildman–Crippen MR) is 155 cm³/mol. The van der Waals surface area contributed by atoms with Crippen LogP contribution in [0.25, 0.3) is 33.8 Å². The summed E-state index contributed by atoms with van der Waals surface area (Å²) in [4.78, 5) is 24.8. The molecule has 0 N–H and O–H groups in total. The van der Waals surface area contributed by atoms with Gasteiger partial charge in [0.1, 0.15) is 35.6 Å². The summed E-state index contributed by atoms with van der Waals surface area (Å²) in [6.45, 7) is 4.89. The zero-order valence-corrected chi connectivity index (χ0v) is 24.6. The summed E-state index contributed by atoms with van der Waals surface area (Å²) in [6, 6.07) is 5.19. The van der Waals surface area contributed by atoms with Crippen molar-refractivity contribution in [2.24, 2.45) is 7.05 Å². The molecule has 1 aromatic carbocycles. The molecular weight excluding hydrogens is 575 g/mol. The third kappa shape index (κ3) is 4.97. The molecule has 11 nitrogen and oxygen atoms in total. The van der Waals surface area contributed by atoms with E-state index in [-0.39, 0.29) is 11.9 Å². The molecule has 7 rings (SSSR count). The van der Waals surface area contributed by atoms with E-state index in [0.717, 1.165) is 30.3 Å². The number of aromatic nitrogens is 8. The van der Waals surface area contributed by atoms with Crippen molar-refractivity contribution in [3.05, 3.63) is 53.9 Å². The lowest BCUT2D eigenvalue weighted by Gasteiger charge is -2.22. The fraction of sp³-hybridized carbons (Fsp3) is 0.400. The Hall–Kier alpha value is -4.75. The van der Waals surface area contributed by atoms with Crippen LogP contribution in [0.4, 0.5) is 19.0 Å². The largest absolute Gasteiger partial charge is 0.491 e. The van der Waals surface area contributed by atoms with Crippen molar-refractivity contribution in [2.75, 3.05) is 25.2 Å². The second-order valence-electron chi connectivity index (χ2n) is 11.4. The van der Waals surface area contributed by atoms with Crippen LogP contribution in [0.2, 0.25) is 0 Å². The van der Waals surface area contributed by atoms with Gasteiger partial charge in [0, 0.05) is 42.9 Å². The molecule has 5 aromatic rings. The van der Waals surface area contributed by atoms with Gasteiger partial charge in [0.05, 0.1) is 25.5 Å². The van der Waals surface area contributed by atoms with Crippen molar-refractivity contribution < 1.29 is 22.6 Å². The van der Waals surface area contributed by atoms with Crippen LogP contribution >= 0.6 is 0 Å². The Morgan fingerprint density at radius 1 is 1.07 bits per heavy atom. The third-order valence-corrected chi connectivity index (χ3v) is 7.87. The summed E-state index contributed by atoms with van der Waals surface area (Å²) in [5.41, 5.74) is 3.33. The Bertz CT molecular complexity index is 1880. The predicted octanol–water partition coefficient (Wildman–Crippen LogP) is 5.57. The fourth-order valence-electron chi connectivity index (χ4n) is 5.58. The second kappa shape index (κ2) is 10.5. The number of aryl methyl sites for hydroxylation is 1. The maximum atomic E-state index is 13.5. The minimum absolute atomic E-state index is 0.217. The highest BCUT2D eigenvalue weighted by Crippen LogP contribution is 2.45. The van der Waals surface area contributed by atoms with Gasteiger partial charge in [-0.2, -0.15) is 18.3 Å². The molecule has 14 heteroatoms. The third-order valence-electron chi connectivity index (χ3n) is 7.87. The van der Waals surface area contributed by atoms with Crippen LogP contribution in [-0.2, 0) is 19.8 Å². The van der Waals surface area contributed by atoms with Crippen molar-refractivity contribution in [1.82, 2.24) is 39.3 Å². The number of nitrogens with zero attached hydrogens (tertiary/aromatic N) is 9.